The SMILES string of the molecule is CN(C(=O)C=CC(=O)O)C1CCS(=O)(=O)C1. The minimum Gasteiger partial charge on any atom is -0.478 e. The van der Waals surface area contributed by atoms with Gasteiger partial charge in [-0.1, -0.05) is 0 Å². The quantitative estimate of drug-likeness (QED) is 0.664. The van der Waals surface area contributed by atoms with Crippen LogP contribution in [0.5, 0.6) is 0 Å². The monoisotopic (exact) mass is 247 g/mol. The number of nitrogens with zero attached hydrogens (tertiary/aromatic N) is 1. The number of amides is 1. The molecule has 1 fully saturated rings. The highest BCUT2D eigenvalue weighted by molar-refractivity contribution is 7.91. The topological polar surface area (TPSA) is 91.8 Å². The zero-order valence-electron chi connectivity index (χ0n) is 8.79. The van der Waals surface area contributed by atoms with Gasteiger partial charge in [-0.2, -0.15) is 0 Å². The molecule has 1 heterocycles. The zero-order valence-corrected chi connectivity index (χ0v) is 9.61. The van der Waals surface area contributed by atoms with Gasteiger partial charge in [0.15, 0.2) is 9.84 Å². The third kappa shape index (κ3) is 3.34. The van der Waals surface area contributed by atoms with Crippen LogP contribution < -0.4 is 0 Å². The molecule has 1 atom stereocenters. The number of sulfone groups is 1. The van der Waals surface area contributed by atoms with Crippen molar-refractivity contribution in [3.63, 3.8) is 0 Å². The normalized spacial score (nSPS) is 23.4. The molecule has 0 aromatic rings. The Bertz CT molecular complexity index is 425. The summed E-state index contributed by atoms with van der Waals surface area (Å²) in [5, 5.41) is 8.34. The standard InChI is InChI=1S/C9H13NO5S/c1-10(8(11)2-3-9(12)13)7-4-5-16(14,15)6-7/h2-3,7H,4-6H2,1H3,(H,12,13). The average molecular weight is 247 g/mol. The van der Waals surface area contributed by atoms with E-state index in [0.29, 0.717) is 6.42 Å². The molecule has 1 saturated heterocycles. The predicted octanol–water partition coefficient (Wildman–Crippen LogP) is -0.727. The Balaban J connectivity index is 2.62. The molecule has 1 rings (SSSR count). The summed E-state index contributed by atoms with van der Waals surface area (Å²) < 4.78 is 22.4. The number of carbonyl (C=O) groups excluding carboxylic acids is 1. The first-order chi connectivity index (χ1) is 7.32. The van der Waals surface area contributed by atoms with E-state index < -0.39 is 21.7 Å². The van der Waals surface area contributed by atoms with E-state index >= 15 is 0 Å². The molecule has 0 aromatic heterocycles. The van der Waals surface area contributed by atoms with Crippen molar-refractivity contribution in [2.45, 2.75) is 12.5 Å². The Morgan fingerprint density at radius 1 is 1.38 bits per heavy atom. The highest BCUT2D eigenvalue weighted by atomic mass is 32.2. The predicted molar refractivity (Wildman–Crippen MR) is 56.6 cm³/mol. The van der Waals surface area contributed by atoms with Crippen LogP contribution >= 0.6 is 0 Å². The summed E-state index contributed by atoms with van der Waals surface area (Å²) >= 11 is 0. The summed E-state index contributed by atoms with van der Waals surface area (Å²) in [4.78, 5) is 22.9. The van der Waals surface area contributed by atoms with Crippen LogP contribution in [-0.2, 0) is 19.4 Å². The molecule has 0 saturated carbocycles. The van der Waals surface area contributed by atoms with Crippen molar-refractivity contribution >= 4 is 21.7 Å². The fourth-order valence-corrected chi connectivity index (χ4v) is 3.30. The van der Waals surface area contributed by atoms with Crippen molar-refractivity contribution in [1.29, 1.82) is 0 Å². The highest BCUT2D eigenvalue weighted by Crippen LogP contribution is 2.16. The lowest BCUT2D eigenvalue weighted by Crippen LogP contribution is -2.36. The Labute approximate surface area is 93.5 Å². The minimum absolute atomic E-state index is 0.0455. The molecule has 0 aromatic carbocycles. The largest absolute Gasteiger partial charge is 0.478 e. The van der Waals surface area contributed by atoms with Gasteiger partial charge in [-0.15, -0.1) is 0 Å². The highest BCUT2D eigenvalue weighted by Gasteiger charge is 2.31. The molecule has 90 valence electrons. The summed E-state index contributed by atoms with van der Waals surface area (Å²) in [6.07, 6.45) is 2.07. The van der Waals surface area contributed by atoms with E-state index in [0.717, 1.165) is 12.2 Å². The van der Waals surface area contributed by atoms with Gasteiger partial charge in [-0.3, -0.25) is 4.79 Å². The van der Waals surface area contributed by atoms with Crippen LogP contribution in [0.3, 0.4) is 0 Å². The molecular weight excluding hydrogens is 234 g/mol. The number of carboxylic acids is 1. The van der Waals surface area contributed by atoms with Crippen LogP contribution in [0.15, 0.2) is 12.2 Å². The Morgan fingerprint density at radius 3 is 2.44 bits per heavy atom. The second kappa shape index (κ2) is 4.65. The van der Waals surface area contributed by atoms with Gasteiger partial charge < -0.3 is 10.0 Å². The fraction of sp³-hybridized carbons (Fsp3) is 0.556. The van der Waals surface area contributed by atoms with Crippen LogP contribution in [-0.4, -0.2) is 54.9 Å². The number of rotatable bonds is 3. The van der Waals surface area contributed by atoms with Crippen LogP contribution in [0.2, 0.25) is 0 Å². The van der Waals surface area contributed by atoms with E-state index in [4.69, 9.17) is 5.11 Å². The average Bonchev–Trinajstić information content (AvgIpc) is 2.54. The Morgan fingerprint density at radius 2 is 2.00 bits per heavy atom. The maximum absolute atomic E-state index is 11.4. The molecule has 1 N–H and O–H groups in total. The van der Waals surface area contributed by atoms with Gasteiger partial charge >= 0.3 is 5.97 Å². The van der Waals surface area contributed by atoms with Gasteiger partial charge in [0.1, 0.15) is 0 Å². The molecular formula is C9H13NO5S. The van der Waals surface area contributed by atoms with Crippen molar-refractivity contribution in [1.82, 2.24) is 4.90 Å². The van der Waals surface area contributed by atoms with Crippen LogP contribution in [0.4, 0.5) is 0 Å². The van der Waals surface area contributed by atoms with Gasteiger partial charge in [0.25, 0.3) is 0 Å². The number of aliphatic carboxylic acids is 1. The maximum atomic E-state index is 11.4. The number of hydrogen-bond donors (Lipinski definition) is 1. The number of carbonyl (C=O) groups is 2. The summed E-state index contributed by atoms with van der Waals surface area (Å²) in [6.45, 7) is 0. The summed E-state index contributed by atoms with van der Waals surface area (Å²) in [6, 6.07) is -0.351. The first kappa shape index (κ1) is 12.7. The van der Waals surface area contributed by atoms with Crippen molar-refractivity contribution in [3.8, 4) is 0 Å². The lowest BCUT2D eigenvalue weighted by atomic mass is 10.2. The molecule has 7 heteroatoms. The summed E-state index contributed by atoms with van der Waals surface area (Å²) in [5.41, 5.74) is 0. The first-order valence-corrected chi connectivity index (χ1v) is 6.52. The number of likely N-dealkylation sites (N-methyl/N-ethyl adjacent to an activating group) is 1. The third-order valence-electron chi connectivity index (χ3n) is 2.47. The van der Waals surface area contributed by atoms with Crippen LogP contribution in [0, 0.1) is 0 Å². The van der Waals surface area contributed by atoms with E-state index in [1.165, 1.54) is 11.9 Å². The first-order valence-electron chi connectivity index (χ1n) is 4.70. The lowest BCUT2D eigenvalue weighted by molar-refractivity contribution is -0.132. The van der Waals surface area contributed by atoms with Gasteiger partial charge in [-0.05, 0) is 6.42 Å². The summed E-state index contributed by atoms with van der Waals surface area (Å²) in [5.74, 6) is -1.67. The van der Waals surface area contributed by atoms with Crippen molar-refractivity contribution in [2.24, 2.45) is 0 Å². The van der Waals surface area contributed by atoms with E-state index in [-0.39, 0.29) is 17.5 Å². The molecule has 0 spiro atoms. The van der Waals surface area contributed by atoms with Gasteiger partial charge in [0.2, 0.25) is 5.91 Å². The molecule has 1 amide bonds. The molecule has 0 aliphatic carbocycles. The smallest absolute Gasteiger partial charge is 0.328 e. The van der Waals surface area contributed by atoms with Gasteiger partial charge in [0.05, 0.1) is 11.5 Å². The zero-order chi connectivity index (χ0) is 12.3. The van der Waals surface area contributed by atoms with Crippen LogP contribution in [0.1, 0.15) is 6.42 Å². The van der Waals surface area contributed by atoms with Crippen molar-refractivity contribution < 1.29 is 23.1 Å². The fourth-order valence-electron chi connectivity index (χ4n) is 1.52. The molecule has 1 aliphatic rings. The third-order valence-corrected chi connectivity index (χ3v) is 4.22. The number of hydrogen-bond acceptors (Lipinski definition) is 4. The lowest BCUT2D eigenvalue weighted by Gasteiger charge is -2.21. The molecule has 1 unspecified atom stereocenters. The van der Waals surface area contributed by atoms with Gasteiger partial charge in [0, 0.05) is 25.2 Å². The Hall–Kier alpha value is -1.37. The minimum atomic E-state index is -3.04. The van der Waals surface area contributed by atoms with Crippen LogP contribution in [0.25, 0.3) is 0 Å². The maximum Gasteiger partial charge on any atom is 0.328 e. The van der Waals surface area contributed by atoms with E-state index in [9.17, 15) is 18.0 Å². The van der Waals surface area contributed by atoms with E-state index in [1.54, 1.807) is 0 Å². The van der Waals surface area contributed by atoms with E-state index in [2.05, 4.69) is 0 Å². The second-order valence-electron chi connectivity index (χ2n) is 3.68. The second-order valence-corrected chi connectivity index (χ2v) is 5.91. The summed E-state index contributed by atoms with van der Waals surface area (Å²) in [7, 11) is -1.57. The van der Waals surface area contributed by atoms with E-state index in [1.807, 2.05) is 0 Å². The Kier molecular flexibility index (Phi) is 3.69. The number of carboxylic acid groups (broad SMARTS) is 1. The van der Waals surface area contributed by atoms with Crippen molar-refractivity contribution in [3.05, 3.63) is 12.2 Å². The molecule has 16 heavy (non-hydrogen) atoms. The molecule has 1 aliphatic heterocycles. The van der Waals surface area contributed by atoms with Gasteiger partial charge in [-0.25, -0.2) is 13.2 Å². The van der Waals surface area contributed by atoms with Crippen molar-refractivity contribution in [2.75, 3.05) is 18.6 Å². The molecule has 6 nitrogen and oxygen atoms in total. The molecule has 0 bridgehead atoms. The molecule has 0 radical (unpaired) electrons.